The van der Waals surface area contributed by atoms with Crippen LogP contribution < -0.4 is 10.2 Å². The number of rotatable bonds is 5. The molecule has 0 radical (unpaired) electrons. The van der Waals surface area contributed by atoms with E-state index >= 15 is 0 Å². The number of hydrogen-bond donors (Lipinski definition) is 1. The summed E-state index contributed by atoms with van der Waals surface area (Å²) >= 11 is 0. The van der Waals surface area contributed by atoms with Gasteiger partial charge in [-0.25, -0.2) is 12.8 Å². The Morgan fingerprint density at radius 2 is 1.70 bits per heavy atom. The molecule has 4 rings (SSSR count). The molecule has 0 aliphatic carbocycles. The Balaban J connectivity index is 1.71. The van der Waals surface area contributed by atoms with Gasteiger partial charge < -0.3 is 15.0 Å². The van der Waals surface area contributed by atoms with Crippen LogP contribution in [0.1, 0.15) is 23.2 Å². The molecule has 2 aliphatic rings. The van der Waals surface area contributed by atoms with Crippen molar-refractivity contribution >= 4 is 27.3 Å². The van der Waals surface area contributed by atoms with Crippen molar-refractivity contribution in [2.24, 2.45) is 0 Å². The number of carbonyl (C=O) groups is 1. The smallest absolute Gasteiger partial charge is 0.257 e. The summed E-state index contributed by atoms with van der Waals surface area (Å²) in [6.45, 7) is 2.79. The van der Waals surface area contributed by atoms with E-state index in [0.29, 0.717) is 18.9 Å². The number of carbonyl (C=O) groups excluding carboxylic acids is 1. The van der Waals surface area contributed by atoms with Gasteiger partial charge in [-0.15, -0.1) is 0 Å². The first kappa shape index (κ1) is 20.8. The summed E-state index contributed by atoms with van der Waals surface area (Å²) in [5, 5.41) is 2.58. The minimum Gasteiger partial charge on any atom is -0.379 e. The number of halogens is 1. The molecule has 2 aliphatic heterocycles. The molecule has 0 atom stereocenters. The molecule has 160 valence electrons. The Hall–Kier alpha value is -2.49. The van der Waals surface area contributed by atoms with Gasteiger partial charge in [-0.2, -0.15) is 4.31 Å². The van der Waals surface area contributed by atoms with Crippen molar-refractivity contribution in [3.05, 3.63) is 53.8 Å². The molecule has 0 aromatic heterocycles. The fourth-order valence-corrected chi connectivity index (χ4v) is 5.21. The van der Waals surface area contributed by atoms with E-state index < -0.39 is 21.7 Å². The number of para-hydroxylation sites is 1. The highest BCUT2D eigenvalue weighted by molar-refractivity contribution is 7.89. The monoisotopic (exact) mass is 433 g/mol. The zero-order valence-corrected chi connectivity index (χ0v) is 17.3. The molecule has 9 heteroatoms. The highest BCUT2D eigenvalue weighted by Crippen LogP contribution is 2.29. The quantitative estimate of drug-likeness (QED) is 0.785. The fraction of sp³-hybridized carbons (Fsp3) is 0.381. The van der Waals surface area contributed by atoms with Crippen molar-refractivity contribution in [3.8, 4) is 0 Å². The second-order valence-electron chi connectivity index (χ2n) is 7.32. The minimum absolute atomic E-state index is 0.0473. The van der Waals surface area contributed by atoms with Gasteiger partial charge in [0.1, 0.15) is 5.82 Å². The van der Waals surface area contributed by atoms with E-state index in [2.05, 4.69) is 10.2 Å². The number of hydrogen-bond acceptors (Lipinski definition) is 5. The van der Waals surface area contributed by atoms with Crippen LogP contribution in [0.25, 0.3) is 0 Å². The van der Waals surface area contributed by atoms with Crippen LogP contribution in [0.2, 0.25) is 0 Å². The van der Waals surface area contributed by atoms with Gasteiger partial charge in [0.25, 0.3) is 5.91 Å². The lowest BCUT2D eigenvalue weighted by Gasteiger charge is -2.27. The molecule has 2 heterocycles. The number of nitrogens with zero attached hydrogens (tertiary/aromatic N) is 2. The van der Waals surface area contributed by atoms with Gasteiger partial charge in [-0.3, -0.25) is 4.79 Å². The first-order chi connectivity index (χ1) is 14.5. The number of ether oxygens (including phenoxy) is 1. The Morgan fingerprint density at radius 3 is 2.40 bits per heavy atom. The van der Waals surface area contributed by atoms with Crippen molar-refractivity contribution in [1.82, 2.24) is 4.31 Å². The maximum atomic E-state index is 14.0. The molecule has 7 nitrogen and oxygen atoms in total. The first-order valence-electron chi connectivity index (χ1n) is 9.99. The lowest BCUT2D eigenvalue weighted by atomic mass is 10.1. The summed E-state index contributed by atoms with van der Waals surface area (Å²) in [5.41, 5.74) is 0.924. The van der Waals surface area contributed by atoms with Crippen LogP contribution in [0.4, 0.5) is 15.8 Å². The van der Waals surface area contributed by atoms with Gasteiger partial charge in [0.05, 0.1) is 29.4 Å². The van der Waals surface area contributed by atoms with Crippen molar-refractivity contribution < 1.29 is 22.3 Å². The molecule has 2 aromatic carbocycles. The van der Waals surface area contributed by atoms with Crippen LogP contribution in [0.15, 0.2) is 47.4 Å². The maximum Gasteiger partial charge on any atom is 0.257 e. The molecule has 1 N–H and O–H groups in total. The fourth-order valence-electron chi connectivity index (χ4n) is 3.78. The largest absolute Gasteiger partial charge is 0.379 e. The van der Waals surface area contributed by atoms with Crippen molar-refractivity contribution in [2.75, 3.05) is 49.6 Å². The summed E-state index contributed by atoms with van der Waals surface area (Å²) in [6.07, 6.45) is 2.00. The topological polar surface area (TPSA) is 79.0 Å². The summed E-state index contributed by atoms with van der Waals surface area (Å²) in [6, 6.07) is 10.5. The van der Waals surface area contributed by atoms with Gasteiger partial charge in [0.15, 0.2) is 0 Å². The van der Waals surface area contributed by atoms with Gasteiger partial charge in [0.2, 0.25) is 10.0 Å². The number of nitrogens with one attached hydrogen (secondary N) is 1. The summed E-state index contributed by atoms with van der Waals surface area (Å²) in [4.78, 5) is 15.2. The van der Waals surface area contributed by atoms with E-state index in [0.717, 1.165) is 25.9 Å². The Morgan fingerprint density at radius 1 is 1.00 bits per heavy atom. The van der Waals surface area contributed by atoms with Crippen LogP contribution in [0.3, 0.4) is 0 Å². The third-order valence-electron chi connectivity index (χ3n) is 5.39. The summed E-state index contributed by atoms with van der Waals surface area (Å²) in [5.74, 6) is -1.09. The molecule has 1 amide bonds. The number of sulfonamides is 1. The predicted octanol–water partition coefficient (Wildman–Crippen LogP) is 2.70. The highest BCUT2D eigenvalue weighted by Gasteiger charge is 2.29. The second kappa shape index (κ2) is 8.71. The van der Waals surface area contributed by atoms with Crippen molar-refractivity contribution in [3.63, 3.8) is 0 Å². The minimum atomic E-state index is -3.76. The van der Waals surface area contributed by atoms with Gasteiger partial charge in [-0.05, 0) is 43.2 Å². The predicted molar refractivity (Wildman–Crippen MR) is 112 cm³/mol. The van der Waals surface area contributed by atoms with E-state index in [-0.39, 0.29) is 29.2 Å². The molecule has 30 heavy (non-hydrogen) atoms. The molecule has 2 fully saturated rings. The van der Waals surface area contributed by atoms with Crippen molar-refractivity contribution in [2.45, 2.75) is 17.7 Å². The normalized spacial score (nSPS) is 17.8. The standard InChI is InChI=1S/C21H24FN3O4S/c22-18-5-1-2-6-19(18)23-21(26)17-15-16(7-8-20(17)24-9-3-4-10-24)30(27,28)25-11-13-29-14-12-25/h1-2,5-8,15H,3-4,9-14H2,(H,23,26). The van der Waals surface area contributed by atoms with E-state index in [1.54, 1.807) is 18.2 Å². The Labute approximate surface area is 175 Å². The summed E-state index contributed by atoms with van der Waals surface area (Å²) in [7, 11) is -3.76. The van der Waals surface area contributed by atoms with E-state index in [1.807, 2.05) is 0 Å². The zero-order chi connectivity index (χ0) is 21.1. The molecule has 2 aromatic rings. The Kier molecular flexibility index (Phi) is 6.03. The zero-order valence-electron chi connectivity index (χ0n) is 16.5. The van der Waals surface area contributed by atoms with Crippen LogP contribution in [-0.4, -0.2) is 58.0 Å². The number of benzene rings is 2. The lowest BCUT2D eigenvalue weighted by Crippen LogP contribution is -2.40. The Bertz CT molecular complexity index is 1030. The van der Waals surface area contributed by atoms with Gasteiger partial charge in [0, 0.05) is 31.9 Å². The molecular formula is C21H24FN3O4S. The number of anilines is 2. The molecule has 2 saturated heterocycles. The average Bonchev–Trinajstić information content (AvgIpc) is 3.30. The highest BCUT2D eigenvalue weighted by atomic mass is 32.2. The maximum absolute atomic E-state index is 14.0. The first-order valence-corrected chi connectivity index (χ1v) is 11.4. The SMILES string of the molecule is O=C(Nc1ccccc1F)c1cc(S(=O)(=O)N2CCOCC2)ccc1N1CCCC1. The average molecular weight is 434 g/mol. The lowest BCUT2D eigenvalue weighted by molar-refractivity contribution is 0.0730. The second-order valence-corrected chi connectivity index (χ2v) is 9.26. The van der Waals surface area contributed by atoms with Crippen LogP contribution in [-0.2, 0) is 14.8 Å². The third-order valence-corrected chi connectivity index (χ3v) is 7.28. The molecule has 0 saturated carbocycles. The van der Waals surface area contributed by atoms with Gasteiger partial charge in [-0.1, -0.05) is 12.1 Å². The molecule has 0 unspecified atom stereocenters. The third kappa shape index (κ3) is 4.19. The number of amides is 1. The van der Waals surface area contributed by atoms with E-state index in [4.69, 9.17) is 4.74 Å². The van der Waals surface area contributed by atoms with Crippen LogP contribution in [0.5, 0.6) is 0 Å². The number of morpholine rings is 1. The van der Waals surface area contributed by atoms with Gasteiger partial charge >= 0.3 is 0 Å². The van der Waals surface area contributed by atoms with Crippen LogP contribution >= 0.6 is 0 Å². The van der Waals surface area contributed by atoms with Crippen molar-refractivity contribution in [1.29, 1.82) is 0 Å². The molecular weight excluding hydrogens is 409 g/mol. The van der Waals surface area contributed by atoms with Crippen LogP contribution in [0, 0.1) is 5.82 Å². The molecule has 0 spiro atoms. The van der Waals surface area contributed by atoms with E-state index in [1.165, 1.54) is 28.6 Å². The molecule has 0 bridgehead atoms. The summed E-state index contributed by atoms with van der Waals surface area (Å²) < 4.78 is 46.8. The van der Waals surface area contributed by atoms with E-state index in [9.17, 15) is 17.6 Å².